The van der Waals surface area contributed by atoms with E-state index in [-0.39, 0.29) is 19.1 Å². The van der Waals surface area contributed by atoms with E-state index in [2.05, 4.69) is 19.2 Å². The molecule has 0 aliphatic heterocycles. The molecule has 0 spiro atoms. The number of quaternary nitrogens is 1. The summed E-state index contributed by atoms with van der Waals surface area (Å²) in [6.07, 6.45) is 45.8. The third-order valence-corrected chi connectivity index (χ3v) is 12.6. The zero-order chi connectivity index (χ0) is 42.1. The van der Waals surface area contributed by atoms with Crippen molar-refractivity contribution < 1.29 is 32.9 Å². The van der Waals surface area contributed by atoms with E-state index in [1.165, 1.54) is 186 Å². The van der Waals surface area contributed by atoms with Gasteiger partial charge in [-0.2, -0.15) is 0 Å². The van der Waals surface area contributed by atoms with Crippen LogP contribution in [0.2, 0.25) is 0 Å². The van der Waals surface area contributed by atoms with Crippen molar-refractivity contribution in [1.29, 1.82) is 0 Å². The molecule has 57 heavy (non-hydrogen) atoms. The Labute approximate surface area is 355 Å². The summed E-state index contributed by atoms with van der Waals surface area (Å²) in [4.78, 5) is 23.2. The number of nitrogens with one attached hydrogen (secondary N) is 1. The Kier molecular flexibility index (Phi) is 40.5. The van der Waals surface area contributed by atoms with E-state index in [0.717, 1.165) is 38.5 Å². The highest BCUT2D eigenvalue weighted by molar-refractivity contribution is 7.47. The van der Waals surface area contributed by atoms with Crippen LogP contribution in [0.4, 0.5) is 0 Å². The molecule has 1 amide bonds. The van der Waals surface area contributed by atoms with Crippen molar-refractivity contribution >= 4 is 13.7 Å². The molecule has 0 bridgehead atoms. The molecule has 0 aliphatic carbocycles. The first-order chi connectivity index (χ1) is 27.5. The molecule has 0 aromatic rings. The third-order valence-electron chi connectivity index (χ3n) is 11.6. The van der Waals surface area contributed by atoms with Crippen molar-refractivity contribution in [2.45, 2.75) is 264 Å². The molecular weight excluding hydrogens is 732 g/mol. The molecule has 0 radical (unpaired) electrons. The number of carbonyl (C=O) groups excluding carboxylic acids is 1. The van der Waals surface area contributed by atoms with Gasteiger partial charge in [-0.3, -0.25) is 13.8 Å². The quantitative estimate of drug-likeness (QED) is 0.0321. The second-order valence-electron chi connectivity index (χ2n) is 18.6. The Morgan fingerprint density at radius 1 is 0.526 bits per heavy atom. The maximum Gasteiger partial charge on any atom is 0.472 e. The standard InChI is InChI=1S/C48H99N2O6P/c1-6-8-10-12-14-16-18-19-20-21-22-23-24-25-26-27-28-29-30-31-32-34-36-38-40-42-48(52)49-46(45-56-57(53,54)55-44-43-50(3,4)5)47(51)41-39-37-35-33-17-15-13-11-9-7-2/h46-47,51H,6-45H2,1-5H3,(H-,49,52,53,54)/p+1. The first-order valence-corrected chi connectivity index (χ1v) is 26.4. The van der Waals surface area contributed by atoms with Crippen LogP contribution in [0.3, 0.4) is 0 Å². The molecule has 3 atom stereocenters. The van der Waals surface area contributed by atoms with Gasteiger partial charge in [0.1, 0.15) is 13.2 Å². The first kappa shape index (κ1) is 56.5. The predicted octanol–water partition coefficient (Wildman–Crippen LogP) is 14.1. The minimum atomic E-state index is -4.30. The fourth-order valence-electron chi connectivity index (χ4n) is 7.64. The summed E-state index contributed by atoms with van der Waals surface area (Å²) in [7, 11) is 1.63. The molecule has 0 aromatic heterocycles. The topological polar surface area (TPSA) is 105 Å². The molecule has 3 unspecified atom stereocenters. The maximum absolute atomic E-state index is 12.9. The normalized spacial score (nSPS) is 14.2. The zero-order valence-corrected chi connectivity index (χ0v) is 39.8. The number of phosphoric ester groups is 1. The average Bonchev–Trinajstić information content (AvgIpc) is 3.16. The fourth-order valence-corrected chi connectivity index (χ4v) is 8.37. The maximum atomic E-state index is 12.9. The van der Waals surface area contributed by atoms with Crippen LogP contribution >= 0.6 is 7.82 Å². The zero-order valence-electron chi connectivity index (χ0n) is 38.9. The summed E-state index contributed by atoms with van der Waals surface area (Å²) in [5, 5.41) is 13.9. The summed E-state index contributed by atoms with van der Waals surface area (Å²) >= 11 is 0. The second-order valence-corrected chi connectivity index (χ2v) is 20.0. The van der Waals surface area contributed by atoms with Gasteiger partial charge >= 0.3 is 7.82 Å². The number of nitrogens with zero attached hydrogens (tertiary/aromatic N) is 1. The van der Waals surface area contributed by atoms with E-state index < -0.39 is 20.0 Å². The van der Waals surface area contributed by atoms with E-state index in [1.54, 1.807) is 0 Å². The summed E-state index contributed by atoms with van der Waals surface area (Å²) in [5.41, 5.74) is 0. The highest BCUT2D eigenvalue weighted by Gasteiger charge is 2.28. The Morgan fingerprint density at radius 3 is 1.18 bits per heavy atom. The number of hydrogen-bond donors (Lipinski definition) is 3. The van der Waals surface area contributed by atoms with Gasteiger partial charge in [-0.05, 0) is 12.8 Å². The van der Waals surface area contributed by atoms with Crippen LogP contribution in [0.5, 0.6) is 0 Å². The summed E-state index contributed by atoms with van der Waals surface area (Å²) < 4.78 is 23.6. The Balaban J connectivity index is 4.05. The molecule has 0 aliphatic rings. The van der Waals surface area contributed by atoms with Crippen molar-refractivity contribution in [3.63, 3.8) is 0 Å². The molecule has 0 saturated heterocycles. The third kappa shape index (κ3) is 43.4. The van der Waals surface area contributed by atoms with E-state index in [0.29, 0.717) is 23.9 Å². The minimum absolute atomic E-state index is 0.0784. The molecule has 0 heterocycles. The van der Waals surface area contributed by atoms with Gasteiger partial charge in [-0.25, -0.2) is 4.57 Å². The molecule has 0 rings (SSSR count). The summed E-state index contributed by atoms with van der Waals surface area (Å²) in [6, 6.07) is -0.752. The molecule has 0 saturated carbocycles. The van der Waals surface area contributed by atoms with Gasteiger partial charge in [0.05, 0.1) is 39.9 Å². The van der Waals surface area contributed by atoms with E-state index in [9.17, 15) is 19.4 Å². The molecule has 3 N–H and O–H groups in total. The second kappa shape index (κ2) is 40.9. The van der Waals surface area contributed by atoms with Gasteiger partial charge in [0, 0.05) is 6.42 Å². The smallest absolute Gasteiger partial charge is 0.391 e. The average molecular weight is 832 g/mol. The lowest BCUT2D eigenvalue weighted by Crippen LogP contribution is -2.46. The molecular formula is C48H100N2O6P+. The first-order valence-electron chi connectivity index (χ1n) is 24.9. The number of aliphatic hydroxyl groups excluding tert-OH is 1. The molecule has 8 nitrogen and oxygen atoms in total. The van der Waals surface area contributed by atoms with Crippen LogP contribution in [0.15, 0.2) is 0 Å². The van der Waals surface area contributed by atoms with E-state index in [1.807, 2.05) is 21.1 Å². The van der Waals surface area contributed by atoms with Crippen LogP contribution in [0, 0.1) is 0 Å². The van der Waals surface area contributed by atoms with Gasteiger partial charge < -0.3 is 19.8 Å². The SMILES string of the molecule is CCCCCCCCCCCCCCCCCCCCCCCCCCCC(=O)NC(COP(=O)(O)OCC[N+](C)(C)C)C(O)CCCCCCCCCCCC. The number of carbonyl (C=O) groups is 1. The monoisotopic (exact) mass is 832 g/mol. The fraction of sp³-hybridized carbons (Fsp3) is 0.979. The number of rotatable bonds is 46. The van der Waals surface area contributed by atoms with Crippen LogP contribution in [-0.4, -0.2) is 73.4 Å². The number of likely N-dealkylation sites (N-methyl/N-ethyl adjacent to an activating group) is 1. The van der Waals surface area contributed by atoms with Gasteiger partial charge in [0.25, 0.3) is 0 Å². The molecule has 342 valence electrons. The van der Waals surface area contributed by atoms with Crippen LogP contribution in [0.1, 0.15) is 251 Å². The molecule has 9 heteroatoms. The summed E-state index contributed by atoms with van der Waals surface area (Å²) in [6.45, 7) is 4.90. The Morgan fingerprint density at radius 2 is 0.842 bits per heavy atom. The lowest BCUT2D eigenvalue weighted by molar-refractivity contribution is -0.870. The number of phosphoric acid groups is 1. The van der Waals surface area contributed by atoms with E-state index in [4.69, 9.17) is 9.05 Å². The largest absolute Gasteiger partial charge is 0.472 e. The van der Waals surface area contributed by atoms with Crippen LogP contribution in [-0.2, 0) is 18.4 Å². The van der Waals surface area contributed by atoms with Gasteiger partial charge in [-0.1, -0.05) is 232 Å². The summed E-state index contributed by atoms with van der Waals surface area (Å²) in [5.74, 6) is -0.140. The highest BCUT2D eigenvalue weighted by Crippen LogP contribution is 2.43. The number of unbranched alkanes of at least 4 members (excludes halogenated alkanes) is 33. The van der Waals surface area contributed by atoms with Gasteiger partial charge in [0.2, 0.25) is 5.91 Å². The predicted molar refractivity (Wildman–Crippen MR) is 245 cm³/mol. The van der Waals surface area contributed by atoms with Gasteiger partial charge in [0.15, 0.2) is 0 Å². The van der Waals surface area contributed by atoms with Crippen molar-refractivity contribution in [2.75, 3.05) is 40.9 Å². The number of aliphatic hydroxyl groups is 1. The van der Waals surface area contributed by atoms with Crippen LogP contribution < -0.4 is 5.32 Å². The molecule has 0 fully saturated rings. The molecule has 0 aromatic carbocycles. The van der Waals surface area contributed by atoms with Crippen molar-refractivity contribution in [3.05, 3.63) is 0 Å². The Bertz CT molecular complexity index is 901. The lowest BCUT2D eigenvalue weighted by atomic mass is 10.0. The highest BCUT2D eigenvalue weighted by atomic mass is 31.2. The lowest BCUT2D eigenvalue weighted by Gasteiger charge is -2.26. The van der Waals surface area contributed by atoms with Gasteiger partial charge in [-0.15, -0.1) is 0 Å². The number of amides is 1. The Hall–Kier alpha value is -0.500. The van der Waals surface area contributed by atoms with Crippen molar-refractivity contribution in [3.8, 4) is 0 Å². The van der Waals surface area contributed by atoms with Crippen LogP contribution in [0.25, 0.3) is 0 Å². The van der Waals surface area contributed by atoms with E-state index >= 15 is 0 Å². The number of hydrogen-bond acceptors (Lipinski definition) is 5. The van der Waals surface area contributed by atoms with Crippen molar-refractivity contribution in [1.82, 2.24) is 5.32 Å². The van der Waals surface area contributed by atoms with Crippen molar-refractivity contribution in [2.24, 2.45) is 0 Å². The minimum Gasteiger partial charge on any atom is -0.391 e.